The van der Waals surface area contributed by atoms with Crippen LogP contribution in [-0.2, 0) is 11.3 Å². The minimum Gasteiger partial charge on any atom is -0.352 e. The maximum atomic E-state index is 12.1. The van der Waals surface area contributed by atoms with Crippen molar-refractivity contribution in [2.24, 2.45) is 5.92 Å². The highest BCUT2D eigenvalue weighted by atomic mass is 16.2. The zero-order valence-electron chi connectivity index (χ0n) is 14.1. The second kappa shape index (κ2) is 8.82. The first-order chi connectivity index (χ1) is 11.6. The van der Waals surface area contributed by atoms with Crippen molar-refractivity contribution in [2.75, 3.05) is 5.32 Å². The van der Waals surface area contributed by atoms with Crippen LogP contribution >= 0.6 is 0 Å². The van der Waals surface area contributed by atoms with Crippen LogP contribution in [0.15, 0.2) is 48.8 Å². The number of carbonyl (C=O) groups excluding carboxylic acids is 2. The van der Waals surface area contributed by atoms with Gasteiger partial charge in [0.2, 0.25) is 5.91 Å². The fourth-order valence-corrected chi connectivity index (χ4v) is 2.45. The molecule has 0 aliphatic carbocycles. The summed E-state index contributed by atoms with van der Waals surface area (Å²) in [6.07, 6.45) is 4.82. The van der Waals surface area contributed by atoms with Gasteiger partial charge in [-0.15, -0.1) is 0 Å². The first-order valence-electron chi connectivity index (χ1n) is 8.22. The van der Waals surface area contributed by atoms with Crippen LogP contribution in [0, 0.1) is 5.92 Å². The number of amides is 2. The van der Waals surface area contributed by atoms with E-state index in [-0.39, 0.29) is 17.7 Å². The highest BCUT2D eigenvalue weighted by Gasteiger charge is 2.13. The summed E-state index contributed by atoms with van der Waals surface area (Å²) in [6.45, 7) is 4.48. The van der Waals surface area contributed by atoms with Crippen LogP contribution in [0.5, 0.6) is 0 Å². The average Bonchev–Trinajstić information content (AvgIpc) is 2.62. The third-order valence-electron chi connectivity index (χ3n) is 3.93. The average molecular weight is 325 g/mol. The molecule has 126 valence electrons. The molecule has 0 spiro atoms. The lowest BCUT2D eigenvalue weighted by molar-refractivity contribution is -0.125. The van der Waals surface area contributed by atoms with Gasteiger partial charge in [-0.2, -0.15) is 0 Å². The molecule has 2 amide bonds. The van der Waals surface area contributed by atoms with Gasteiger partial charge in [0, 0.05) is 30.5 Å². The predicted octanol–water partition coefficient (Wildman–Crippen LogP) is 3.39. The molecule has 0 saturated heterocycles. The maximum absolute atomic E-state index is 12.1. The zero-order valence-corrected chi connectivity index (χ0v) is 14.1. The molecule has 0 atom stereocenters. The lowest BCUT2D eigenvalue weighted by Gasteiger charge is -2.13. The summed E-state index contributed by atoms with van der Waals surface area (Å²) in [7, 11) is 0. The molecule has 0 fully saturated rings. The van der Waals surface area contributed by atoms with E-state index >= 15 is 0 Å². The molecule has 0 radical (unpaired) electrons. The fraction of sp³-hybridized carbons (Fsp3) is 0.316. The number of benzene rings is 1. The van der Waals surface area contributed by atoms with Gasteiger partial charge in [-0.3, -0.25) is 14.6 Å². The van der Waals surface area contributed by atoms with Gasteiger partial charge in [-0.05, 0) is 42.7 Å². The molecule has 5 nitrogen and oxygen atoms in total. The van der Waals surface area contributed by atoms with E-state index in [1.807, 2.05) is 38.1 Å². The molecule has 1 aromatic carbocycles. The Balaban J connectivity index is 1.96. The summed E-state index contributed by atoms with van der Waals surface area (Å²) in [5, 5.41) is 5.79. The number of carbonyl (C=O) groups is 2. The number of nitrogens with zero attached hydrogens (tertiary/aromatic N) is 1. The highest BCUT2D eigenvalue weighted by molar-refractivity contribution is 6.04. The Morgan fingerprint density at radius 3 is 2.58 bits per heavy atom. The number of anilines is 1. The molecule has 2 N–H and O–H groups in total. The molecule has 0 saturated carbocycles. The normalized spacial score (nSPS) is 10.5. The summed E-state index contributed by atoms with van der Waals surface area (Å²) >= 11 is 0. The molecule has 0 bridgehead atoms. The third-order valence-corrected chi connectivity index (χ3v) is 3.93. The summed E-state index contributed by atoms with van der Waals surface area (Å²) in [5.41, 5.74) is 2.14. The fourth-order valence-electron chi connectivity index (χ4n) is 2.45. The molecule has 1 aromatic heterocycles. The first-order valence-corrected chi connectivity index (χ1v) is 8.22. The van der Waals surface area contributed by atoms with Crippen molar-refractivity contribution >= 4 is 17.5 Å². The first kappa shape index (κ1) is 17.7. The van der Waals surface area contributed by atoms with Crippen LogP contribution < -0.4 is 10.6 Å². The van der Waals surface area contributed by atoms with Crippen LogP contribution in [0.4, 0.5) is 5.69 Å². The topological polar surface area (TPSA) is 71.1 Å². The number of aromatic nitrogens is 1. The standard InChI is InChI=1S/C19H23N3O2/c1-3-15(4-2)18(23)21-12-14-7-5-9-17(11-14)22-19(24)16-8-6-10-20-13-16/h5-11,13,15H,3-4,12H2,1-2H3,(H,21,23)(H,22,24). The van der Waals surface area contributed by atoms with E-state index in [9.17, 15) is 9.59 Å². The van der Waals surface area contributed by atoms with Crippen molar-refractivity contribution < 1.29 is 9.59 Å². The molecule has 2 aromatic rings. The highest BCUT2D eigenvalue weighted by Crippen LogP contribution is 2.13. The molecular weight excluding hydrogens is 302 g/mol. The lowest BCUT2D eigenvalue weighted by Crippen LogP contribution is -2.29. The van der Waals surface area contributed by atoms with Crippen LogP contribution in [0.25, 0.3) is 0 Å². The lowest BCUT2D eigenvalue weighted by atomic mass is 10.0. The van der Waals surface area contributed by atoms with Gasteiger partial charge in [0.05, 0.1) is 5.56 Å². The number of hydrogen-bond donors (Lipinski definition) is 2. The molecular formula is C19H23N3O2. The molecule has 0 unspecified atom stereocenters. The smallest absolute Gasteiger partial charge is 0.257 e. The summed E-state index contributed by atoms with van der Waals surface area (Å²) in [6, 6.07) is 10.9. The van der Waals surface area contributed by atoms with E-state index in [1.165, 1.54) is 6.20 Å². The van der Waals surface area contributed by atoms with Gasteiger partial charge in [0.1, 0.15) is 0 Å². The predicted molar refractivity (Wildman–Crippen MR) is 94.6 cm³/mol. The minimum atomic E-state index is -0.207. The van der Waals surface area contributed by atoms with Gasteiger partial charge in [-0.25, -0.2) is 0 Å². The molecule has 0 aliphatic heterocycles. The van der Waals surface area contributed by atoms with Crippen LogP contribution in [-0.4, -0.2) is 16.8 Å². The molecule has 0 aliphatic rings. The van der Waals surface area contributed by atoms with Crippen molar-refractivity contribution in [3.63, 3.8) is 0 Å². The van der Waals surface area contributed by atoms with Crippen LogP contribution in [0.3, 0.4) is 0 Å². The van der Waals surface area contributed by atoms with Crippen molar-refractivity contribution in [3.8, 4) is 0 Å². The van der Waals surface area contributed by atoms with E-state index in [0.717, 1.165) is 18.4 Å². The van der Waals surface area contributed by atoms with Crippen molar-refractivity contribution in [1.29, 1.82) is 0 Å². The van der Waals surface area contributed by atoms with Gasteiger partial charge in [0.15, 0.2) is 0 Å². The molecule has 24 heavy (non-hydrogen) atoms. The van der Waals surface area contributed by atoms with Crippen molar-refractivity contribution in [3.05, 3.63) is 59.9 Å². The summed E-state index contributed by atoms with van der Waals surface area (Å²) in [5.74, 6) is -0.0791. The Hall–Kier alpha value is -2.69. The van der Waals surface area contributed by atoms with Gasteiger partial charge >= 0.3 is 0 Å². The van der Waals surface area contributed by atoms with E-state index in [1.54, 1.807) is 18.3 Å². The Morgan fingerprint density at radius 2 is 1.92 bits per heavy atom. The number of pyridine rings is 1. The van der Waals surface area contributed by atoms with E-state index < -0.39 is 0 Å². The number of nitrogens with one attached hydrogen (secondary N) is 2. The van der Waals surface area contributed by atoms with Gasteiger partial charge in [0.25, 0.3) is 5.91 Å². The van der Waals surface area contributed by atoms with Crippen molar-refractivity contribution in [1.82, 2.24) is 10.3 Å². The maximum Gasteiger partial charge on any atom is 0.257 e. The summed E-state index contributed by atoms with van der Waals surface area (Å²) < 4.78 is 0. The summed E-state index contributed by atoms with van der Waals surface area (Å²) in [4.78, 5) is 28.1. The van der Waals surface area contributed by atoms with Crippen LogP contribution in [0.2, 0.25) is 0 Å². The molecule has 1 heterocycles. The Morgan fingerprint density at radius 1 is 1.12 bits per heavy atom. The SMILES string of the molecule is CCC(CC)C(=O)NCc1cccc(NC(=O)c2cccnc2)c1. The number of rotatable bonds is 7. The number of hydrogen-bond acceptors (Lipinski definition) is 3. The third kappa shape index (κ3) is 4.91. The van der Waals surface area contributed by atoms with E-state index in [2.05, 4.69) is 15.6 Å². The quantitative estimate of drug-likeness (QED) is 0.820. The molecule has 5 heteroatoms. The van der Waals surface area contributed by atoms with Crippen LogP contribution in [0.1, 0.15) is 42.6 Å². The van der Waals surface area contributed by atoms with Gasteiger partial charge in [-0.1, -0.05) is 26.0 Å². The minimum absolute atomic E-state index is 0.0541. The Kier molecular flexibility index (Phi) is 6.49. The monoisotopic (exact) mass is 325 g/mol. The Labute approximate surface area is 142 Å². The zero-order chi connectivity index (χ0) is 17.4. The second-order valence-corrected chi connectivity index (χ2v) is 5.63. The van der Waals surface area contributed by atoms with Gasteiger partial charge < -0.3 is 10.6 Å². The van der Waals surface area contributed by atoms with E-state index in [0.29, 0.717) is 17.8 Å². The van der Waals surface area contributed by atoms with E-state index in [4.69, 9.17) is 0 Å². The molecule has 2 rings (SSSR count). The largest absolute Gasteiger partial charge is 0.352 e. The Bertz CT molecular complexity index is 682. The van der Waals surface area contributed by atoms with Crippen molar-refractivity contribution in [2.45, 2.75) is 33.2 Å². The second-order valence-electron chi connectivity index (χ2n) is 5.63.